The molecule has 3 nitrogen and oxygen atoms in total. The number of unbranched alkanes of at least 4 members (excludes halogenated alkanes) is 3. The van der Waals surface area contributed by atoms with E-state index < -0.39 is 9.84 Å². The standard InChI is InChI=1S/C14H29NO2S/c1-4-5-6-7-9-12(2)15-13-10-8-11-14(13)18(3,16)17/h12-15H,4-11H2,1-3H3. The van der Waals surface area contributed by atoms with Crippen LogP contribution in [0, 0.1) is 0 Å². The summed E-state index contributed by atoms with van der Waals surface area (Å²) < 4.78 is 23.4. The highest BCUT2D eigenvalue weighted by Crippen LogP contribution is 2.25. The first-order valence-corrected chi connectivity index (χ1v) is 9.35. The Bertz CT molecular complexity index is 327. The van der Waals surface area contributed by atoms with Gasteiger partial charge in [0.05, 0.1) is 5.25 Å². The lowest BCUT2D eigenvalue weighted by Crippen LogP contribution is -2.44. The second kappa shape index (κ2) is 7.49. The summed E-state index contributed by atoms with van der Waals surface area (Å²) in [5, 5.41) is 3.38. The fourth-order valence-electron chi connectivity index (χ4n) is 2.96. The summed E-state index contributed by atoms with van der Waals surface area (Å²) >= 11 is 0. The van der Waals surface area contributed by atoms with Crippen LogP contribution < -0.4 is 5.32 Å². The van der Waals surface area contributed by atoms with Crippen LogP contribution in [0.15, 0.2) is 0 Å². The van der Waals surface area contributed by atoms with Crippen molar-refractivity contribution in [2.24, 2.45) is 0 Å². The molecule has 0 aliphatic heterocycles. The first kappa shape index (κ1) is 16.0. The molecule has 3 atom stereocenters. The van der Waals surface area contributed by atoms with E-state index in [1.165, 1.54) is 31.9 Å². The van der Waals surface area contributed by atoms with Crippen LogP contribution in [0.2, 0.25) is 0 Å². The van der Waals surface area contributed by atoms with Gasteiger partial charge in [0.1, 0.15) is 0 Å². The molecular formula is C14H29NO2S. The SMILES string of the molecule is CCCCCCC(C)NC1CCCC1S(C)(=O)=O. The van der Waals surface area contributed by atoms with Crippen LogP contribution >= 0.6 is 0 Å². The van der Waals surface area contributed by atoms with Crippen LogP contribution in [0.1, 0.15) is 65.2 Å². The topological polar surface area (TPSA) is 46.2 Å². The second-order valence-electron chi connectivity index (χ2n) is 5.82. The highest BCUT2D eigenvalue weighted by Gasteiger charge is 2.34. The van der Waals surface area contributed by atoms with Gasteiger partial charge in [0.15, 0.2) is 9.84 Å². The average molecular weight is 275 g/mol. The number of hydrogen-bond acceptors (Lipinski definition) is 3. The molecular weight excluding hydrogens is 246 g/mol. The molecule has 0 amide bonds. The fourth-order valence-corrected chi connectivity index (χ4v) is 4.36. The van der Waals surface area contributed by atoms with Crippen molar-refractivity contribution in [3.63, 3.8) is 0 Å². The predicted molar refractivity (Wildman–Crippen MR) is 77.6 cm³/mol. The third-order valence-corrected chi connectivity index (χ3v) is 5.66. The lowest BCUT2D eigenvalue weighted by atomic mass is 10.1. The zero-order chi connectivity index (χ0) is 13.6. The van der Waals surface area contributed by atoms with Crippen LogP contribution in [0.4, 0.5) is 0 Å². The van der Waals surface area contributed by atoms with Gasteiger partial charge in [0.25, 0.3) is 0 Å². The molecule has 1 N–H and O–H groups in total. The first-order valence-electron chi connectivity index (χ1n) is 7.40. The van der Waals surface area contributed by atoms with Crippen LogP contribution in [0.25, 0.3) is 0 Å². The Morgan fingerprint density at radius 1 is 1.22 bits per heavy atom. The summed E-state index contributed by atoms with van der Waals surface area (Å²) in [6, 6.07) is 0.621. The molecule has 0 bridgehead atoms. The molecule has 0 aromatic carbocycles. The van der Waals surface area contributed by atoms with E-state index >= 15 is 0 Å². The lowest BCUT2D eigenvalue weighted by Gasteiger charge is -2.24. The van der Waals surface area contributed by atoms with Gasteiger partial charge in [-0.2, -0.15) is 0 Å². The van der Waals surface area contributed by atoms with Gasteiger partial charge >= 0.3 is 0 Å². The van der Waals surface area contributed by atoms with Crippen molar-refractivity contribution in [1.29, 1.82) is 0 Å². The largest absolute Gasteiger partial charge is 0.310 e. The van der Waals surface area contributed by atoms with Crippen molar-refractivity contribution in [1.82, 2.24) is 5.32 Å². The van der Waals surface area contributed by atoms with E-state index in [9.17, 15) is 8.42 Å². The Balaban J connectivity index is 2.32. The van der Waals surface area contributed by atoms with Gasteiger partial charge in [-0.1, -0.05) is 39.0 Å². The van der Waals surface area contributed by atoms with Crippen molar-refractivity contribution in [2.75, 3.05) is 6.26 Å². The van der Waals surface area contributed by atoms with Crippen LogP contribution in [0.5, 0.6) is 0 Å². The van der Waals surface area contributed by atoms with Crippen molar-refractivity contribution >= 4 is 9.84 Å². The van der Waals surface area contributed by atoms with E-state index in [-0.39, 0.29) is 11.3 Å². The smallest absolute Gasteiger partial charge is 0.151 e. The van der Waals surface area contributed by atoms with Crippen LogP contribution in [-0.2, 0) is 9.84 Å². The number of sulfone groups is 1. The normalized spacial score (nSPS) is 26.4. The quantitative estimate of drug-likeness (QED) is 0.693. The molecule has 0 aromatic heterocycles. The molecule has 1 aliphatic rings. The maximum atomic E-state index is 11.7. The van der Waals surface area contributed by atoms with Crippen molar-refractivity contribution in [3.8, 4) is 0 Å². The predicted octanol–water partition coefficient (Wildman–Crippen LogP) is 2.90. The summed E-state index contributed by atoms with van der Waals surface area (Å²) in [6.07, 6.45) is 10.5. The minimum Gasteiger partial charge on any atom is -0.310 e. The average Bonchev–Trinajstić information content (AvgIpc) is 2.72. The fraction of sp³-hybridized carbons (Fsp3) is 1.00. The van der Waals surface area contributed by atoms with E-state index in [0.29, 0.717) is 6.04 Å². The van der Waals surface area contributed by atoms with E-state index in [1.807, 2.05) is 0 Å². The number of hydrogen-bond donors (Lipinski definition) is 1. The first-order chi connectivity index (χ1) is 8.45. The molecule has 0 radical (unpaired) electrons. The minimum atomic E-state index is -2.89. The molecule has 0 spiro atoms. The molecule has 0 saturated heterocycles. The van der Waals surface area contributed by atoms with E-state index in [2.05, 4.69) is 19.2 Å². The van der Waals surface area contributed by atoms with Crippen molar-refractivity contribution in [2.45, 2.75) is 82.5 Å². The Morgan fingerprint density at radius 2 is 1.94 bits per heavy atom. The van der Waals surface area contributed by atoms with Gasteiger partial charge in [-0.15, -0.1) is 0 Å². The minimum absolute atomic E-state index is 0.157. The second-order valence-corrected chi connectivity index (χ2v) is 8.09. The van der Waals surface area contributed by atoms with Gasteiger partial charge < -0.3 is 5.32 Å². The maximum absolute atomic E-state index is 11.7. The summed E-state index contributed by atoms with van der Waals surface area (Å²) in [6.45, 7) is 4.40. The van der Waals surface area contributed by atoms with E-state index in [1.54, 1.807) is 0 Å². The van der Waals surface area contributed by atoms with Crippen molar-refractivity contribution in [3.05, 3.63) is 0 Å². The zero-order valence-electron chi connectivity index (χ0n) is 12.1. The molecule has 1 saturated carbocycles. The molecule has 108 valence electrons. The van der Waals surface area contributed by atoms with Crippen LogP contribution in [-0.4, -0.2) is 32.0 Å². The molecule has 0 aromatic rings. The maximum Gasteiger partial charge on any atom is 0.151 e. The van der Waals surface area contributed by atoms with Gasteiger partial charge in [-0.3, -0.25) is 0 Å². The Labute approximate surface area is 113 Å². The number of nitrogens with one attached hydrogen (secondary N) is 1. The van der Waals surface area contributed by atoms with Gasteiger partial charge in [-0.25, -0.2) is 8.42 Å². The lowest BCUT2D eigenvalue weighted by molar-refractivity contribution is 0.416. The Morgan fingerprint density at radius 3 is 2.56 bits per heavy atom. The third-order valence-electron chi connectivity index (χ3n) is 3.99. The van der Waals surface area contributed by atoms with Gasteiger partial charge in [0.2, 0.25) is 0 Å². The van der Waals surface area contributed by atoms with Crippen LogP contribution in [0.3, 0.4) is 0 Å². The Kier molecular flexibility index (Phi) is 6.64. The molecule has 4 heteroatoms. The summed E-state index contributed by atoms with van der Waals surface area (Å²) in [5.41, 5.74) is 0. The molecule has 3 unspecified atom stereocenters. The summed E-state index contributed by atoms with van der Waals surface area (Å²) in [5.74, 6) is 0. The summed E-state index contributed by atoms with van der Waals surface area (Å²) in [7, 11) is -2.89. The molecule has 1 rings (SSSR count). The van der Waals surface area contributed by atoms with Crippen molar-refractivity contribution < 1.29 is 8.42 Å². The molecule has 1 fully saturated rings. The molecule has 18 heavy (non-hydrogen) atoms. The number of rotatable bonds is 8. The third kappa shape index (κ3) is 5.27. The zero-order valence-corrected chi connectivity index (χ0v) is 12.9. The molecule has 1 aliphatic carbocycles. The van der Waals surface area contributed by atoms with E-state index in [4.69, 9.17) is 0 Å². The molecule has 0 heterocycles. The highest BCUT2D eigenvalue weighted by atomic mass is 32.2. The summed E-state index contributed by atoms with van der Waals surface area (Å²) in [4.78, 5) is 0. The monoisotopic (exact) mass is 275 g/mol. The highest BCUT2D eigenvalue weighted by molar-refractivity contribution is 7.91. The van der Waals surface area contributed by atoms with Gasteiger partial charge in [0, 0.05) is 18.3 Å². The van der Waals surface area contributed by atoms with E-state index in [0.717, 1.165) is 25.7 Å². The Hall–Kier alpha value is -0.0900. The van der Waals surface area contributed by atoms with Gasteiger partial charge in [-0.05, 0) is 26.2 Å².